The van der Waals surface area contributed by atoms with Gasteiger partial charge in [-0.1, -0.05) is 19.8 Å². The molecular weight excluding hydrogens is 233 g/mol. The van der Waals surface area contributed by atoms with Gasteiger partial charge in [0.1, 0.15) is 6.17 Å². The van der Waals surface area contributed by atoms with E-state index in [1.807, 2.05) is 0 Å². The lowest BCUT2D eigenvalue weighted by Crippen LogP contribution is -2.33. The lowest BCUT2D eigenvalue weighted by Gasteiger charge is -2.37. The summed E-state index contributed by atoms with van der Waals surface area (Å²) in [7, 11) is 0. The Kier molecular flexibility index (Phi) is 4.69. The molecule has 2 aliphatic carbocycles. The lowest BCUT2D eigenvalue weighted by atomic mass is 9.70. The van der Waals surface area contributed by atoms with Crippen LogP contribution in [0, 0.1) is 17.8 Å². The zero-order chi connectivity index (χ0) is 12.3. The molecule has 3 unspecified atom stereocenters. The van der Waals surface area contributed by atoms with Gasteiger partial charge in [0.25, 0.3) is 0 Å². The molecule has 96 valence electrons. The van der Waals surface area contributed by atoms with Crippen molar-refractivity contribution in [3.63, 3.8) is 0 Å². The molecule has 17 heavy (non-hydrogen) atoms. The molecular formula is C14H22FNS. The standard InChI is InChI=1S/C14H22FNS/c1-10-2-4-11(5-3-10)12-6-7-14(16-9-17)13(15)8-12/h10-14H,2-8H2,1H3. The molecule has 0 bridgehead atoms. The Morgan fingerprint density at radius 1 is 1.06 bits per heavy atom. The molecule has 2 saturated carbocycles. The number of isothiocyanates is 1. The Balaban J connectivity index is 1.86. The number of rotatable bonds is 2. The van der Waals surface area contributed by atoms with Crippen LogP contribution in [-0.2, 0) is 0 Å². The summed E-state index contributed by atoms with van der Waals surface area (Å²) in [5.74, 6) is 2.24. The molecule has 0 amide bonds. The minimum absolute atomic E-state index is 0.203. The van der Waals surface area contributed by atoms with Gasteiger partial charge in [-0.15, -0.1) is 0 Å². The van der Waals surface area contributed by atoms with E-state index in [1.54, 1.807) is 0 Å². The maximum absolute atomic E-state index is 13.9. The topological polar surface area (TPSA) is 12.4 Å². The highest BCUT2D eigenvalue weighted by atomic mass is 32.1. The van der Waals surface area contributed by atoms with E-state index in [-0.39, 0.29) is 6.04 Å². The van der Waals surface area contributed by atoms with Crippen molar-refractivity contribution in [2.75, 3.05) is 0 Å². The molecule has 0 radical (unpaired) electrons. The monoisotopic (exact) mass is 255 g/mol. The number of halogens is 1. The van der Waals surface area contributed by atoms with Crippen LogP contribution in [0.4, 0.5) is 4.39 Å². The number of hydrogen-bond donors (Lipinski definition) is 0. The minimum Gasteiger partial charge on any atom is -0.245 e. The highest BCUT2D eigenvalue weighted by Crippen LogP contribution is 2.41. The Hall–Kier alpha value is -0.270. The molecule has 0 saturated heterocycles. The number of alkyl halides is 1. The van der Waals surface area contributed by atoms with Gasteiger partial charge in [-0.05, 0) is 62.1 Å². The van der Waals surface area contributed by atoms with Crippen molar-refractivity contribution in [3.8, 4) is 0 Å². The lowest BCUT2D eigenvalue weighted by molar-refractivity contribution is 0.108. The fourth-order valence-electron chi connectivity index (χ4n) is 3.53. The van der Waals surface area contributed by atoms with Crippen LogP contribution < -0.4 is 0 Å². The third-order valence-corrected chi connectivity index (χ3v) is 4.83. The SMILES string of the molecule is CC1CCC(C2CCC(N=C=S)C(F)C2)CC1. The maximum Gasteiger partial charge on any atom is 0.123 e. The summed E-state index contributed by atoms with van der Waals surface area (Å²) in [5, 5.41) is 2.34. The summed E-state index contributed by atoms with van der Waals surface area (Å²) in [6, 6.07) is -0.203. The molecule has 2 rings (SSSR count). The molecule has 0 spiro atoms. The second-order valence-corrected chi connectivity index (χ2v) is 6.08. The van der Waals surface area contributed by atoms with Crippen LogP contribution in [0.2, 0.25) is 0 Å². The van der Waals surface area contributed by atoms with E-state index < -0.39 is 6.17 Å². The smallest absolute Gasteiger partial charge is 0.123 e. The first-order chi connectivity index (χ1) is 8.20. The quantitative estimate of drug-likeness (QED) is 0.525. The van der Waals surface area contributed by atoms with Gasteiger partial charge >= 0.3 is 0 Å². The van der Waals surface area contributed by atoms with Gasteiger partial charge in [0.05, 0.1) is 11.2 Å². The Labute approximate surface area is 109 Å². The normalized spacial score (nSPS) is 42.8. The minimum atomic E-state index is -0.788. The first kappa shape index (κ1) is 13.2. The van der Waals surface area contributed by atoms with E-state index in [0.717, 1.165) is 24.7 Å². The van der Waals surface area contributed by atoms with Crippen LogP contribution >= 0.6 is 12.2 Å². The van der Waals surface area contributed by atoms with Gasteiger partial charge in [0.15, 0.2) is 0 Å². The molecule has 0 aliphatic heterocycles. The Morgan fingerprint density at radius 3 is 2.29 bits per heavy atom. The van der Waals surface area contributed by atoms with Crippen molar-refractivity contribution in [1.82, 2.24) is 0 Å². The molecule has 0 aromatic carbocycles. The predicted octanol–water partition coefficient (Wildman–Crippen LogP) is 4.42. The fraction of sp³-hybridized carbons (Fsp3) is 0.929. The third kappa shape index (κ3) is 3.35. The molecule has 0 N–H and O–H groups in total. The summed E-state index contributed by atoms with van der Waals surface area (Å²) < 4.78 is 13.9. The summed E-state index contributed by atoms with van der Waals surface area (Å²) >= 11 is 4.57. The van der Waals surface area contributed by atoms with Crippen molar-refractivity contribution >= 4 is 17.4 Å². The highest BCUT2D eigenvalue weighted by molar-refractivity contribution is 7.78. The first-order valence-electron chi connectivity index (χ1n) is 6.91. The molecule has 2 aliphatic rings. The number of hydrogen-bond acceptors (Lipinski definition) is 2. The summed E-state index contributed by atoms with van der Waals surface area (Å²) in [6.45, 7) is 2.33. The Bertz CT molecular complexity index is 293. The summed E-state index contributed by atoms with van der Waals surface area (Å²) in [5.41, 5.74) is 0. The molecule has 0 aromatic heterocycles. The van der Waals surface area contributed by atoms with E-state index in [9.17, 15) is 4.39 Å². The molecule has 0 aromatic rings. The molecule has 3 atom stereocenters. The van der Waals surface area contributed by atoms with Crippen molar-refractivity contribution in [3.05, 3.63) is 0 Å². The molecule has 2 fully saturated rings. The van der Waals surface area contributed by atoms with E-state index in [4.69, 9.17) is 0 Å². The molecule has 1 nitrogen and oxygen atoms in total. The van der Waals surface area contributed by atoms with Gasteiger partial charge in [0, 0.05) is 0 Å². The van der Waals surface area contributed by atoms with Crippen LogP contribution in [-0.4, -0.2) is 17.4 Å². The second kappa shape index (κ2) is 6.06. The van der Waals surface area contributed by atoms with Crippen molar-refractivity contribution < 1.29 is 4.39 Å². The highest BCUT2D eigenvalue weighted by Gasteiger charge is 2.35. The fourth-order valence-corrected chi connectivity index (χ4v) is 3.66. The van der Waals surface area contributed by atoms with Gasteiger partial charge < -0.3 is 0 Å². The molecule has 0 heterocycles. The van der Waals surface area contributed by atoms with Crippen LogP contribution in [0.25, 0.3) is 0 Å². The van der Waals surface area contributed by atoms with E-state index in [1.165, 1.54) is 25.7 Å². The molecule has 3 heteroatoms. The average molecular weight is 255 g/mol. The maximum atomic E-state index is 13.9. The van der Waals surface area contributed by atoms with Gasteiger partial charge in [0.2, 0.25) is 0 Å². The van der Waals surface area contributed by atoms with E-state index >= 15 is 0 Å². The van der Waals surface area contributed by atoms with Crippen molar-refractivity contribution in [2.24, 2.45) is 22.7 Å². The van der Waals surface area contributed by atoms with E-state index in [2.05, 4.69) is 29.3 Å². The van der Waals surface area contributed by atoms with E-state index in [0.29, 0.717) is 12.3 Å². The average Bonchev–Trinajstić information content (AvgIpc) is 2.33. The van der Waals surface area contributed by atoms with Crippen molar-refractivity contribution in [2.45, 2.75) is 64.1 Å². The van der Waals surface area contributed by atoms with Gasteiger partial charge in [-0.3, -0.25) is 0 Å². The van der Waals surface area contributed by atoms with Gasteiger partial charge in [-0.2, -0.15) is 0 Å². The second-order valence-electron chi connectivity index (χ2n) is 5.90. The number of aliphatic imine (C=N–C) groups is 1. The van der Waals surface area contributed by atoms with Crippen LogP contribution in [0.5, 0.6) is 0 Å². The largest absolute Gasteiger partial charge is 0.245 e. The number of nitrogens with zero attached hydrogens (tertiary/aromatic N) is 1. The summed E-state index contributed by atoms with van der Waals surface area (Å²) in [4.78, 5) is 3.95. The third-order valence-electron chi connectivity index (χ3n) is 4.72. The zero-order valence-corrected chi connectivity index (χ0v) is 11.4. The van der Waals surface area contributed by atoms with Crippen LogP contribution in [0.15, 0.2) is 4.99 Å². The number of thiocarbonyl (C=S) groups is 1. The first-order valence-corrected chi connectivity index (χ1v) is 7.32. The Morgan fingerprint density at radius 2 is 1.71 bits per heavy atom. The predicted molar refractivity (Wildman–Crippen MR) is 72.2 cm³/mol. The van der Waals surface area contributed by atoms with Gasteiger partial charge in [-0.25, -0.2) is 9.38 Å². The van der Waals surface area contributed by atoms with Crippen molar-refractivity contribution in [1.29, 1.82) is 0 Å². The van der Waals surface area contributed by atoms with Crippen LogP contribution in [0.1, 0.15) is 51.9 Å². The zero-order valence-electron chi connectivity index (χ0n) is 10.6. The van der Waals surface area contributed by atoms with Crippen LogP contribution in [0.3, 0.4) is 0 Å². The summed E-state index contributed by atoms with van der Waals surface area (Å²) in [6.07, 6.45) is 7.18.